The number of amides is 1. The van der Waals surface area contributed by atoms with Crippen LogP contribution in [-0.4, -0.2) is 25.2 Å². The van der Waals surface area contributed by atoms with Crippen LogP contribution in [0.15, 0.2) is 83.7 Å². The molecule has 32 heavy (non-hydrogen) atoms. The fourth-order valence-corrected chi connectivity index (χ4v) is 3.92. The number of fused-ring (bicyclic) bond motifs is 2. The molecule has 1 N–H and O–H groups in total. The minimum Gasteiger partial charge on any atom is -0.310 e. The average molecular weight is 423 g/mol. The van der Waals surface area contributed by atoms with Crippen molar-refractivity contribution in [1.82, 2.24) is 19.3 Å². The molecule has 0 radical (unpaired) electrons. The predicted octanol–water partition coefficient (Wildman–Crippen LogP) is 4.07. The Morgan fingerprint density at radius 3 is 2.38 bits per heavy atom. The van der Waals surface area contributed by atoms with E-state index in [-0.39, 0.29) is 17.8 Å². The molecular weight excluding hydrogens is 402 g/mol. The summed E-state index contributed by atoms with van der Waals surface area (Å²) in [7, 11) is 0. The number of imidazole rings is 1. The first-order chi connectivity index (χ1) is 15.7. The maximum absolute atomic E-state index is 13.3. The summed E-state index contributed by atoms with van der Waals surface area (Å²) in [6.45, 7) is 2.92. The SMILES string of the molecule is CCn1c(NC(=O)c2nn(Cc3ccccc3)c(=O)c3ccccc23)nc2ccccc21. The van der Waals surface area contributed by atoms with Gasteiger partial charge in [0.15, 0.2) is 5.69 Å². The largest absolute Gasteiger partial charge is 0.310 e. The molecule has 5 rings (SSSR count). The number of benzene rings is 3. The zero-order valence-corrected chi connectivity index (χ0v) is 17.5. The van der Waals surface area contributed by atoms with Crippen molar-refractivity contribution in [3.63, 3.8) is 0 Å². The standard InChI is InChI=1S/C25H21N5O2/c1-2-29-21-15-9-8-14-20(21)26-25(29)27-23(31)22-18-12-6-7-13-19(18)24(32)30(28-22)16-17-10-4-3-5-11-17/h3-15H,2,16H2,1H3,(H,26,27,31). The quantitative estimate of drug-likeness (QED) is 0.462. The maximum atomic E-state index is 13.3. The normalized spacial score (nSPS) is 11.2. The van der Waals surface area contributed by atoms with Crippen molar-refractivity contribution < 1.29 is 4.79 Å². The molecule has 5 aromatic rings. The molecule has 0 aliphatic rings. The molecule has 7 nitrogen and oxygen atoms in total. The first-order valence-corrected chi connectivity index (χ1v) is 10.5. The number of nitrogens with one attached hydrogen (secondary N) is 1. The Kier molecular flexibility index (Phi) is 4.99. The summed E-state index contributed by atoms with van der Waals surface area (Å²) in [5.41, 5.74) is 2.62. The third-order valence-corrected chi connectivity index (χ3v) is 5.45. The van der Waals surface area contributed by atoms with Gasteiger partial charge in [-0.3, -0.25) is 14.9 Å². The summed E-state index contributed by atoms with van der Waals surface area (Å²) in [4.78, 5) is 31.0. The van der Waals surface area contributed by atoms with Crippen LogP contribution in [0.1, 0.15) is 23.0 Å². The first kappa shape index (κ1) is 19.7. The average Bonchev–Trinajstić information content (AvgIpc) is 3.18. The second-order valence-corrected chi connectivity index (χ2v) is 7.47. The minimum atomic E-state index is -0.409. The summed E-state index contributed by atoms with van der Waals surface area (Å²) < 4.78 is 3.28. The van der Waals surface area contributed by atoms with Gasteiger partial charge < -0.3 is 4.57 Å². The van der Waals surface area contributed by atoms with E-state index in [1.807, 2.05) is 66.1 Å². The maximum Gasteiger partial charge on any atom is 0.279 e. The summed E-state index contributed by atoms with van der Waals surface area (Å²) in [5.74, 6) is 0.0402. The number of aromatic nitrogens is 4. The van der Waals surface area contributed by atoms with Crippen LogP contribution in [0, 0.1) is 0 Å². The summed E-state index contributed by atoms with van der Waals surface area (Å²) in [6.07, 6.45) is 0. The fraction of sp³-hybridized carbons (Fsp3) is 0.120. The van der Waals surface area contributed by atoms with Gasteiger partial charge in [0.05, 0.1) is 23.0 Å². The number of carbonyl (C=O) groups is 1. The van der Waals surface area contributed by atoms with Gasteiger partial charge in [0.25, 0.3) is 11.5 Å². The summed E-state index contributed by atoms with van der Waals surface area (Å²) >= 11 is 0. The van der Waals surface area contributed by atoms with E-state index in [1.165, 1.54) is 4.68 Å². The highest BCUT2D eigenvalue weighted by Gasteiger charge is 2.19. The molecule has 2 heterocycles. The first-order valence-electron chi connectivity index (χ1n) is 10.5. The van der Waals surface area contributed by atoms with Gasteiger partial charge in [-0.1, -0.05) is 60.7 Å². The number of rotatable bonds is 5. The Balaban J connectivity index is 1.60. The van der Waals surface area contributed by atoms with Crippen molar-refractivity contribution in [2.24, 2.45) is 0 Å². The Morgan fingerprint density at radius 1 is 0.906 bits per heavy atom. The van der Waals surface area contributed by atoms with Crippen LogP contribution in [0.4, 0.5) is 5.95 Å². The van der Waals surface area contributed by atoms with Crippen molar-refractivity contribution in [3.8, 4) is 0 Å². The second kappa shape index (κ2) is 8.11. The molecule has 0 aliphatic heterocycles. The highest BCUT2D eigenvalue weighted by molar-refractivity contribution is 6.10. The molecule has 2 aromatic heterocycles. The Hall–Kier alpha value is -4.26. The van der Waals surface area contributed by atoms with Crippen molar-refractivity contribution >= 4 is 33.7 Å². The summed E-state index contributed by atoms with van der Waals surface area (Å²) in [6, 6.07) is 24.4. The molecule has 0 unspecified atom stereocenters. The predicted molar refractivity (Wildman–Crippen MR) is 125 cm³/mol. The molecule has 0 fully saturated rings. The number of hydrogen-bond donors (Lipinski definition) is 1. The Labute approximate surface area is 183 Å². The number of anilines is 1. The number of hydrogen-bond acceptors (Lipinski definition) is 4. The van der Waals surface area contributed by atoms with E-state index in [1.54, 1.807) is 24.3 Å². The lowest BCUT2D eigenvalue weighted by atomic mass is 10.1. The number of aryl methyl sites for hydroxylation is 1. The molecule has 3 aromatic carbocycles. The van der Waals surface area contributed by atoms with Crippen molar-refractivity contribution in [2.45, 2.75) is 20.0 Å². The third kappa shape index (κ3) is 3.43. The van der Waals surface area contributed by atoms with E-state index in [2.05, 4.69) is 15.4 Å². The lowest BCUT2D eigenvalue weighted by Crippen LogP contribution is -2.28. The second-order valence-electron chi connectivity index (χ2n) is 7.47. The van der Waals surface area contributed by atoms with Crippen LogP contribution >= 0.6 is 0 Å². The van der Waals surface area contributed by atoms with Gasteiger partial charge >= 0.3 is 0 Å². The van der Waals surface area contributed by atoms with Crippen LogP contribution in [0.5, 0.6) is 0 Å². The highest BCUT2D eigenvalue weighted by atomic mass is 16.2. The lowest BCUT2D eigenvalue weighted by molar-refractivity contribution is 0.102. The van der Waals surface area contributed by atoms with Gasteiger partial charge in [-0.2, -0.15) is 5.10 Å². The molecule has 0 bridgehead atoms. The smallest absolute Gasteiger partial charge is 0.279 e. The van der Waals surface area contributed by atoms with Gasteiger partial charge in [0.2, 0.25) is 5.95 Å². The topological polar surface area (TPSA) is 81.8 Å². The molecule has 7 heteroatoms. The third-order valence-electron chi connectivity index (χ3n) is 5.45. The van der Waals surface area contributed by atoms with E-state index in [0.29, 0.717) is 23.3 Å². The molecule has 0 aliphatic carbocycles. The van der Waals surface area contributed by atoms with E-state index < -0.39 is 5.91 Å². The highest BCUT2D eigenvalue weighted by Crippen LogP contribution is 2.21. The van der Waals surface area contributed by atoms with E-state index in [9.17, 15) is 9.59 Å². The molecule has 1 amide bonds. The molecule has 158 valence electrons. The zero-order valence-electron chi connectivity index (χ0n) is 17.5. The van der Waals surface area contributed by atoms with Crippen molar-refractivity contribution in [1.29, 1.82) is 0 Å². The van der Waals surface area contributed by atoms with Crippen LogP contribution in [0.25, 0.3) is 21.8 Å². The van der Waals surface area contributed by atoms with Crippen LogP contribution in [-0.2, 0) is 13.1 Å². The van der Waals surface area contributed by atoms with Crippen molar-refractivity contribution in [2.75, 3.05) is 5.32 Å². The van der Waals surface area contributed by atoms with Crippen LogP contribution < -0.4 is 10.9 Å². The Bertz CT molecular complexity index is 1500. The van der Waals surface area contributed by atoms with E-state index >= 15 is 0 Å². The lowest BCUT2D eigenvalue weighted by Gasteiger charge is -2.12. The summed E-state index contributed by atoms with van der Waals surface area (Å²) in [5, 5.41) is 8.33. The number of para-hydroxylation sites is 2. The van der Waals surface area contributed by atoms with Crippen molar-refractivity contribution in [3.05, 3.63) is 100 Å². The minimum absolute atomic E-state index is 0.186. The monoisotopic (exact) mass is 423 g/mol. The van der Waals surface area contributed by atoms with Crippen LogP contribution in [0.3, 0.4) is 0 Å². The number of carbonyl (C=O) groups excluding carboxylic acids is 1. The van der Waals surface area contributed by atoms with Gasteiger partial charge in [-0.25, -0.2) is 9.67 Å². The van der Waals surface area contributed by atoms with Gasteiger partial charge in [-0.05, 0) is 30.7 Å². The van der Waals surface area contributed by atoms with Crippen LogP contribution in [0.2, 0.25) is 0 Å². The molecular formula is C25H21N5O2. The molecule has 0 spiro atoms. The van der Waals surface area contributed by atoms with Gasteiger partial charge in [-0.15, -0.1) is 0 Å². The fourth-order valence-electron chi connectivity index (χ4n) is 3.92. The molecule has 0 atom stereocenters. The number of nitrogens with zero attached hydrogens (tertiary/aromatic N) is 4. The molecule has 0 saturated heterocycles. The van der Waals surface area contributed by atoms with Gasteiger partial charge in [0.1, 0.15) is 0 Å². The Morgan fingerprint density at radius 2 is 1.59 bits per heavy atom. The molecule has 0 saturated carbocycles. The van der Waals surface area contributed by atoms with E-state index in [0.717, 1.165) is 16.6 Å². The van der Waals surface area contributed by atoms with E-state index in [4.69, 9.17) is 0 Å². The zero-order chi connectivity index (χ0) is 22.1. The van der Waals surface area contributed by atoms with Gasteiger partial charge in [0, 0.05) is 11.9 Å².